The van der Waals surface area contributed by atoms with E-state index in [1.165, 1.54) is 24.1 Å². The van der Waals surface area contributed by atoms with Gasteiger partial charge in [-0.2, -0.15) is 0 Å². The Kier molecular flexibility index (Phi) is 5.35. The van der Waals surface area contributed by atoms with Gasteiger partial charge in [0.25, 0.3) is 0 Å². The maximum Gasteiger partial charge on any atom is 0.228 e. The summed E-state index contributed by atoms with van der Waals surface area (Å²) in [6, 6.07) is 14.7. The molecule has 1 amide bonds. The molecule has 2 N–H and O–H groups in total. The Hall–Kier alpha value is -2.57. The molecule has 6 nitrogen and oxygen atoms in total. The van der Waals surface area contributed by atoms with Crippen LogP contribution >= 0.6 is 0 Å². The second-order valence-electron chi connectivity index (χ2n) is 8.66. The Morgan fingerprint density at radius 3 is 2.57 bits per heavy atom. The van der Waals surface area contributed by atoms with Gasteiger partial charge in [0, 0.05) is 44.1 Å². The minimum absolute atomic E-state index is 0.0141. The summed E-state index contributed by atoms with van der Waals surface area (Å²) >= 11 is 0. The Balaban J connectivity index is 1.06. The van der Waals surface area contributed by atoms with Gasteiger partial charge in [-0.25, -0.2) is 0 Å². The molecule has 0 radical (unpaired) electrons. The number of anilines is 2. The summed E-state index contributed by atoms with van der Waals surface area (Å²) in [6.45, 7) is 4.69. The number of aliphatic hydroxyl groups is 1. The number of rotatable bonds is 7. The van der Waals surface area contributed by atoms with Gasteiger partial charge in [0.15, 0.2) is 0 Å². The van der Waals surface area contributed by atoms with E-state index in [0.717, 1.165) is 43.3 Å². The molecule has 5 rings (SSSR count). The fraction of sp³-hybridized carbons (Fsp3) is 0.458. The maximum absolute atomic E-state index is 11.5. The predicted molar refractivity (Wildman–Crippen MR) is 117 cm³/mol. The third kappa shape index (κ3) is 4.45. The lowest BCUT2D eigenvalue weighted by molar-refractivity contribution is -0.115. The van der Waals surface area contributed by atoms with Crippen molar-refractivity contribution in [3.8, 4) is 5.75 Å². The molecule has 0 aromatic heterocycles. The summed E-state index contributed by atoms with van der Waals surface area (Å²) in [5, 5.41) is 13.2. The van der Waals surface area contributed by atoms with Crippen molar-refractivity contribution in [3.63, 3.8) is 0 Å². The van der Waals surface area contributed by atoms with Crippen LogP contribution in [0.15, 0.2) is 42.5 Å². The number of nitrogens with zero attached hydrogens (tertiary/aromatic N) is 2. The Labute approximate surface area is 177 Å². The van der Waals surface area contributed by atoms with Crippen molar-refractivity contribution in [2.75, 3.05) is 49.5 Å². The zero-order chi connectivity index (χ0) is 20.5. The van der Waals surface area contributed by atoms with E-state index in [1.54, 1.807) is 0 Å². The van der Waals surface area contributed by atoms with E-state index in [9.17, 15) is 9.90 Å². The molecule has 158 valence electrons. The van der Waals surface area contributed by atoms with Crippen LogP contribution in [0.2, 0.25) is 0 Å². The van der Waals surface area contributed by atoms with E-state index in [4.69, 9.17) is 4.74 Å². The Bertz CT molecular complexity index is 902. The minimum Gasteiger partial charge on any atom is -0.491 e. The molecular weight excluding hydrogens is 378 g/mol. The standard InChI is InChI=1S/C24H29N3O3/c28-21(16-30-22-7-8-23-19(13-22)14-24(29)25-23)15-26-9-11-27(12-10-26)20-5-3-18(4-6-20)17-1-2-17/h3-8,13,17,21,28H,1-2,9-12,14-16H2,(H,25,29). The summed E-state index contributed by atoms with van der Waals surface area (Å²) < 4.78 is 5.77. The molecule has 1 saturated heterocycles. The first kappa shape index (κ1) is 19.4. The third-order valence-corrected chi connectivity index (χ3v) is 6.29. The quantitative estimate of drug-likeness (QED) is 0.739. The van der Waals surface area contributed by atoms with Crippen molar-refractivity contribution < 1.29 is 14.6 Å². The van der Waals surface area contributed by atoms with Crippen LogP contribution in [0.1, 0.15) is 29.9 Å². The smallest absolute Gasteiger partial charge is 0.228 e. The van der Waals surface area contributed by atoms with Crippen LogP contribution in [0, 0.1) is 0 Å². The molecule has 2 aromatic carbocycles. The zero-order valence-corrected chi connectivity index (χ0v) is 17.2. The molecule has 0 bridgehead atoms. The number of hydrogen-bond donors (Lipinski definition) is 2. The summed E-state index contributed by atoms with van der Waals surface area (Å²) in [6.07, 6.45) is 2.53. The summed E-state index contributed by atoms with van der Waals surface area (Å²) in [7, 11) is 0. The number of ether oxygens (including phenoxy) is 1. The van der Waals surface area contributed by atoms with E-state index < -0.39 is 6.10 Å². The fourth-order valence-corrected chi connectivity index (χ4v) is 4.40. The highest BCUT2D eigenvalue weighted by atomic mass is 16.5. The molecule has 3 aliphatic rings. The molecule has 1 atom stereocenters. The van der Waals surface area contributed by atoms with Crippen molar-refractivity contribution in [1.29, 1.82) is 0 Å². The van der Waals surface area contributed by atoms with E-state index in [0.29, 0.717) is 18.7 Å². The lowest BCUT2D eigenvalue weighted by Gasteiger charge is -2.37. The van der Waals surface area contributed by atoms with Gasteiger partial charge >= 0.3 is 0 Å². The first-order valence-corrected chi connectivity index (χ1v) is 10.9. The van der Waals surface area contributed by atoms with Crippen molar-refractivity contribution in [3.05, 3.63) is 53.6 Å². The molecular formula is C24H29N3O3. The number of β-amino-alcohol motifs (C(OH)–C–C–N with tert-alkyl or cyclic N) is 1. The minimum atomic E-state index is -0.539. The van der Waals surface area contributed by atoms with Gasteiger partial charge in [-0.15, -0.1) is 0 Å². The highest BCUT2D eigenvalue weighted by Crippen LogP contribution is 2.40. The van der Waals surface area contributed by atoms with Crippen molar-refractivity contribution in [1.82, 2.24) is 4.90 Å². The van der Waals surface area contributed by atoms with Crippen LogP contribution in [0.25, 0.3) is 0 Å². The molecule has 1 saturated carbocycles. The van der Waals surface area contributed by atoms with Gasteiger partial charge in [0.05, 0.1) is 6.42 Å². The molecule has 2 aliphatic heterocycles. The summed E-state index contributed by atoms with van der Waals surface area (Å²) in [4.78, 5) is 16.2. The van der Waals surface area contributed by atoms with Crippen molar-refractivity contribution in [2.24, 2.45) is 0 Å². The maximum atomic E-state index is 11.5. The van der Waals surface area contributed by atoms with Gasteiger partial charge < -0.3 is 20.1 Å². The number of piperazine rings is 1. The number of carbonyl (C=O) groups is 1. The fourth-order valence-electron chi connectivity index (χ4n) is 4.40. The van der Waals surface area contributed by atoms with Crippen LogP contribution < -0.4 is 15.0 Å². The largest absolute Gasteiger partial charge is 0.491 e. The van der Waals surface area contributed by atoms with Crippen LogP contribution in [-0.4, -0.2) is 61.3 Å². The van der Waals surface area contributed by atoms with Crippen LogP contribution in [0.4, 0.5) is 11.4 Å². The van der Waals surface area contributed by atoms with E-state index in [1.807, 2.05) is 18.2 Å². The van der Waals surface area contributed by atoms with Gasteiger partial charge in [-0.1, -0.05) is 12.1 Å². The highest BCUT2D eigenvalue weighted by Gasteiger charge is 2.24. The molecule has 30 heavy (non-hydrogen) atoms. The third-order valence-electron chi connectivity index (χ3n) is 6.29. The number of amides is 1. The van der Waals surface area contributed by atoms with E-state index in [-0.39, 0.29) is 12.5 Å². The first-order chi connectivity index (χ1) is 14.6. The average Bonchev–Trinajstić information content (AvgIpc) is 3.54. The first-order valence-electron chi connectivity index (χ1n) is 10.9. The number of aliphatic hydroxyl groups excluding tert-OH is 1. The lowest BCUT2D eigenvalue weighted by Crippen LogP contribution is -2.49. The Morgan fingerprint density at radius 1 is 1.07 bits per heavy atom. The lowest BCUT2D eigenvalue weighted by atomic mass is 10.1. The van der Waals surface area contributed by atoms with E-state index >= 15 is 0 Å². The Morgan fingerprint density at radius 2 is 1.83 bits per heavy atom. The SMILES string of the molecule is O=C1Cc2cc(OCC(O)CN3CCN(c4ccc(C5CC5)cc4)CC3)ccc2N1. The van der Waals surface area contributed by atoms with Crippen LogP contribution in [0.5, 0.6) is 5.75 Å². The molecule has 1 aliphatic carbocycles. The average molecular weight is 408 g/mol. The second kappa shape index (κ2) is 8.28. The molecule has 1 unspecified atom stereocenters. The summed E-state index contributed by atoms with van der Waals surface area (Å²) in [5.41, 5.74) is 4.58. The van der Waals surface area contributed by atoms with Crippen molar-refractivity contribution in [2.45, 2.75) is 31.3 Å². The summed E-state index contributed by atoms with van der Waals surface area (Å²) in [5.74, 6) is 1.51. The number of hydrogen-bond acceptors (Lipinski definition) is 5. The second-order valence-corrected chi connectivity index (χ2v) is 8.66. The molecule has 2 fully saturated rings. The molecule has 2 heterocycles. The molecule has 6 heteroatoms. The molecule has 2 aromatic rings. The topological polar surface area (TPSA) is 65.0 Å². The highest BCUT2D eigenvalue weighted by molar-refractivity contribution is 5.99. The zero-order valence-electron chi connectivity index (χ0n) is 17.2. The predicted octanol–water partition coefficient (Wildman–Crippen LogP) is 2.62. The number of carbonyl (C=O) groups excluding carboxylic acids is 1. The van der Waals surface area contributed by atoms with Crippen LogP contribution in [0.3, 0.4) is 0 Å². The number of benzene rings is 2. The molecule has 0 spiro atoms. The number of nitrogens with one attached hydrogen (secondary N) is 1. The van der Waals surface area contributed by atoms with Crippen molar-refractivity contribution >= 4 is 17.3 Å². The monoisotopic (exact) mass is 407 g/mol. The van der Waals surface area contributed by atoms with Crippen LogP contribution in [-0.2, 0) is 11.2 Å². The van der Waals surface area contributed by atoms with Gasteiger partial charge in [-0.3, -0.25) is 9.69 Å². The van der Waals surface area contributed by atoms with E-state index in [2.05, 4.69) is 39.4 Å². The normalized spacial score (nSPS) is 20.0. The van der Waals surface area contributed by atoms with Gasteiger partial charge in [0.2, 0.25) is 5.91 Å². The van der Waals surface area contributed by atoms with Gasteiger partial charge in [0.1, 0.15) is 18.5 Å². The number of fused-ring (bicyclic) bond motifs is 1. The van der Waals surface area contributed by atoms with Gasteiger partial charge in [-0.05, 0) is 60.2 Å².